The number of carbonyl (C=O) groups excluding carboxylic acids is 6. The van der Waals surface area contributed by atoms with Crippen molar-refractivity contribution in [2.45, 2.75) is 130 Å². The summed E-state index contributed by atoms with van der Waals surface area (Å²) in [6.45, 7) is 11.3. The minimum Gasteiger partial charge on any atom is -0.481 e. The zero-order valence-corrected chi connectivity index (χ0v) is 31.1. The summed E-state index contributed by atoms with van der Waals surface area (Å²) in [5.74, 6) is -5.06. The predicted octanol–water partition coefficient (Wildman–Crippen LogP) is 4.36. The molecule has 2 aliphatic rings. The number of carboxylic acid groups (broad SMARTS) is 1. The van der Waals surface area contributed by atoms with Gasteiger partial charge in [-0.3, -0.25) is 33.6 Å². The van der Waals surface area contributed by atoms with E-state index in [1.165, 1.54) is 0 Å². The average molecular weight is 711 g/mol. The van der Waals surface area contributed by atoms with Gasteiger partial charge in [-0.1, -0.05) is 77.8 Å². The number of benzene rings is 1. The lowest BCUT2D eigenvalue weighted by Crippen LogP contribution is -2.59. The van der Waals surface area contributed by atoms with Crippen molar-refractivity contribution in [3.8, 4) is 0 Å². The van der Waals surface area contributed by atoms with E-state index in [0.717, 1.165) is 24.8 Å². The van der Waals surface area contributed by atoms with Gasteiger partial charge in [0.05, 0.1) is 12.1 Å². The third-order valence-corrected chi connectivity index (χ3v) is 10.4. The highest BCUT2D eigenvalue weighted by Gasteiger charge is 2.51. The SMILES string of the molecule is CCCC(NC(=O)C1[C@H]2CCC[C@H]2CN1C(=O)[C@@H](NC(=O)[C@@H](CC(=O)CCCCC(=O)O)C(C)C)C(C)C)C(=O)C(=O)N[C@@H](C)c1ccccc1. The number of carbonyl (C=O) groups is 7. The van der Waals surface area contributed by atoms with Crippen LogP contribution in [-0.2, 0) is 33.6 Å². The molecule has 3 rings (SSSR count). The first-order valence-corrected chi connectivity index (χ1v) is 18.7. The lowest BCUT2D eigenvalue weighted by molar-refractivity contribution is -0.145. The summed E-state index contributed by atoms with van der Waals surface area (Å²) >= 11 is 0. The molecule has 1 aromatic carbocycles. The van der Waals surface area contributed by atoms with E-state index in [0.29, 0.717) is 25.8 Å². The molecule has 0 bridgehead atoms. The third-order valence-electron chi connectivity index (χ3n) is 10.4. The zero-order chi connectivity index (χ0) is 37.8. The van der Waals surface area contributed by atoms with Gasteiger partial charge in [0.15, 0.2) is 0 Å². The Kier molecular flexibility index (Phi) is 15.8. The molecule has 1 saturated carbocycles. The molecule has 1 saturated heterocycles. The van der Waals surface area contributed by atoms with Gasteiger partial charge in [-0.05, 0) is 68.3 Å². The number of amides is 4. The minimum absolute atomic E-state index is 0.0149. The fraction of sp³-hybridized carbons (Fsp3) is 0.667. The Hall–Kier alpha value is -4.09. The van der Waals surface area contributed by atoms with Crippen LogP contribution in [0.2, 0.25) is 0 Å². The van der Waals surface area contributed by atoms with Crippen LogP contribution in [0.1, 0.15) is 117 Å². The van der Waals surface area contributed by atoms with Crippen molar-refractivity contribution < 1.29 is 38.7 Å². The van der Waals surface area contributed by atoms with Crippen LogP contribution in [0.25, 0.3) is 0 Å². The number of carboxylic acids is 1. The van der Waals surface area contributed by atoms with E-state index in [1.807, 2.05) is 65.0 Å². The number of Topliss-reactive ketones (excluding diaryl/α,β-unsaturated/α-hetero) is 2. The topological polar surface area (TPSA) is 179 Å². The van der Waals surface area contributed by atoms with Gasteiger partial charge in [-0.15, -0.1) is 0 Å². The highest BCUT2D eigenvalue weighted by molar-refractivity contribution is 6.38. The van der Waals surface area contributed by atoms with Crippen molar-refractivity contribution in [3.05, 3.63) is 35.9 Å². The summed E-state index contributed by atoms with van der Waals surface area (Å²) in [5.41, 5.74) is 0.841. The van der Waals surface area contributed by atoms with Gasteiger partial charge in [0.25, 0.3) is 5.91 Å². The Morgan fingerprint density at radius 1 is 0.863 bits per heavy atom. The van der Waals surface area contributed by atoms with Crippen LogP contribution in [0.3, 0.4) is 0 Å². The quantitative estimate of drug-likeness (QED) is 0.114. The molecule has 1 aliphatic carbocycles. The van der Waals surface area contributed by atoms with E-state index >= 15 is 0 Å². The molecule has 51 heavy (non-hydrogen) atoms. The first kappa shape index (κ1) is 41.3. The van der Waals surface area contributed by atoms with Crippen molar-refractivity contribution in [1.29, 1.82) is 0 Å². The van der Waals surface area contributed by atoms with Crippen LogP contribution < -0.4 is 16.0 Å². The van der Waals surface area contributed by atoms with Gasteiger partial charge in [0, 0.05) is 31.7 Å². The van der Waals surface area contributed by atoms with Crippen molar-refractivity contribution in [2.24, 2.45) is 29.6 Å². The smallest absolute Gasteiger partial charge is 0.303 e. The molecule has 4 N–H and O–H groups in total. The highest BCUT2D eigenvalue weighted by atomic mass is 16.4. The first-order chi connectivity index (χ1) is 24.2. The standard InChI is InChI=1S/C39H58N4O8/c1-7-14-31(35(47)38(50)40-25(6)26-15-9-8-10-16-26)41-37(49)34-29-19-13-17-27(29)22-43(34)39(51)33(24(4)5)42-36(48)30(23(2)3)21-28(44)18-11-12-20-32(45)46/h8-10,15-16,23-25,27,29-31,33-34H,7,11-14,17-22H2,1-6H3,(H,40,50)(H,41,49)(H,42,48)(H,45,46)/t25-,27-,29-,30-,31?,33-,34?/m0/s1. The molecule has 7 atom stereocenters. The van der Waals surface area contributed by atoms with E-state index in [1.54, 1.807) is 11.8 Å². The molecule has 1 heterocycles. The maximum atomic E-state index is 14.3. The third kappa shape index (κ3) is 11.5. The first-order valence-electron chi connectivity index (χ1n) is 18.7. The maximum absolute atomic E-state index is 14.3. The summed E-state index contributed by atoms with van der Waals surface area (Å²) in [7, 11) is 0. The Balaban J connectivity index is 1.74. The number of hydrogen-bond donors (Lipinski definition) is 4. The van der Waals surface area contributed by atoms with Crippen molar-refractivity contribution in [3.63, 3.8) is 0 Å². The molecule has 12 nitrogen and oxygen atoms in total. The largest absolute Gasteiger partial charge is 0.481 e. The maximum Gasteiger partial charge on any atom is 0.303 e. The summed E-state index contributed by atoms with van der Waals surface area (Å²) in [6, 6.07) is 5.99. The molecule has 12 heteroatoms. The summed E-state index contributed by atoms with van der Waals surface area (Å²) in [6.07, 6.45) is 4.27. The molecule has 1 aliphatic heterocycles. The second-order valence-corrected chi connectivity index (χ2v) is 15.0. The fourth-order valence-corrected chi connectivity index (χ4v) is 7.46. The van der Waals surface area contributed by atoms with Crippen LogP contribution in [0.15, 0.2) is 30.3 Å². The number of nitrogens with one attached hydrogen (secondary N) is 3. The Morgan fingerprint density at radius 2 is 1.53 bits per heavy atom. The van der Waals surface area contributed by atoms with Gasteiger partial charge < -0.3 is 26.0 Å². The van der Waals surface area contributed by atoms with Gasteiger partial charge in [0.1, 0.15) is 17.9 Å². The zero-order valence-electron chi connectivity index (χ0n) is 31.1. The van der Waals surface area contributed by atoms with E-state index < -0.39 is 59.6 Å². The van der Waals surface area contributed by atoms with Crippen molar-refractivity contribution >= 4 is 41.2 Å². The normalized spacial score (nSPS) is 20.6. The second kappa shape index (κ2) is 19.5. The van der Waals surface area contributed by atoms with Gasteiger partial charge in [0.2, 0.25) is 23.5 Å². The van der Waals surface area contributed by atoms with Gasteiger partial charge >= 0.3 is 5.97 Å². The lowest BCUT2D eigenvalue weighted by Gasteiger charge is -2.33. The van der Waals surface area contributed by atoms with Crippen LogP contribution in [-0.4, -0.2) is 75.8 Å². The second-order valence-electron chi connectivity index (χ2n) is 15.0. The van der Waals surface area contributed by atoms with Crippen LogP contribution >= 0.6 is 0 Å². The van der Waals surface area contributed by atoms with Crippen molar-refractivity contribution in [2.75, 3.05) is 6.54 Å². The number of aliphatic carboxylic acids is 1. The lowest BCUT2D eigenvalue weighted by atomic mass is 9.88. The molecular formula is C39H58N4O8. The molecule has 4 amide bonds. The molecule has 282 valence electrons. The fourth-order valence-electron chi connectivity index (χ4n) is 7.46. The summed E-state index contributed by atoms with van der Waals surface area (Å²) in [5, 5.41) is 17.4. The Bertz CT molecular complexity index is 1400. The predicted molar refractivity (Wildman–Crippen MR) is 192 cm³/mol. The number of unbranched alkanes of at least 4 members (excludes halogenated alkanes) is 1. The van der Waals surface area contributed by atoms with Crippen LogP contribution in [0.5, 0.6) is 0 Å². The number of nitrogens with zero attached hydrogens (tertiary/aromatic N) is 1. The monoisotopic (exact) mass is 710 g/mol. The number of hydrogen-bond acceptors (Lipinski definition) is 7. The Morgan fingerprint density at radius 3 is 2.14 bits per heavy atom. The van der Waals surface area contributed by atoms with Gasteiger partial charge in [-0.2, -0.15) is 0 Å². The van der Waals surface area contributed by atoms with Crippen LogP contribution in [0.4, 0.5) is 0 Å². The number of likely N-dealkylation sites (tertiary alicyclic amines) is 1. The van der Waals surface area contributed by atoms with E-state index in [4.69, 9.17) is 5.11 Å². The summed E-state index contributed by atoms with van der Waals surface area (Å²) < 4.78 is 0. The van der Waals surface area contributed by atoms with Gasteiger partial charge in [-0.25, -0.2) is 0 Å². The number of rotatable bonds is 20. The number of ketones is 2. The van der Waals surface area contributed by atoms with E-state index in [-0.39, 0.29) is 61.0 Å². The summed E-state index contributed by atoms with van der Waals surface area (Å²) in [4.78, 5) is 93.6. The molecule has 1 aromatic rings. The van der Waals surface area contributed by atoms with E-state index in [2.05, 4.69) is 16.0 Å². The Labute approximate surface area is 302 Å². The average Bonchev–Trinajstić information content (AvgIpc) is 3.69. The minimum atomic E-state index is -1.06. The highest BCUT2D eigenvalue weighted by Crippen LogP contribution is 2.43. The molecule has 0 radical (unpaired) electrons. The van der Waals surface area contributed by atoms with Crippen LogP contribution in [0, 0.1) is 29.6 Å². The molecule has 0 spiro atoms. The molecular weight excluding hydrogens is 652 g/mol. The number of fused-ring (bicyclic) bond motifs is 1. The molecule has 0 aromatic heterocycles. The molecule has 2 unspecified atom stereocenters. The van der Waals surface area contributed by atoms with E-state index in [9.17, 15) is 33.6 Å². The molecule has 2 fully saturated rings. The van der Waals surface area contributed by atoms with Crippen molar-refractivity contribution in [1.82, 2.24) is 20.9 Å².